The van der Waals surface area contributed by atoms with E-state index in [0.717, 1.165) is 23.4 Å². The van der Waals surface area contributed by atoms with Crippen LogP contribution in [0, 0.1) is 0 Å². The van der Waals surface area contributed by atoms with E-state index in [1.54, 1.807) is 22.2 Å². The van der Waals surface area contributed by atoms with Crippen molar-refractivity contribution in [2.45, 2.75) is 32.0 Å². The number of hydrogen-bond donors (Lipinski definition) is 1. The Kier molecular flexibility index (Phi) is 4.53. The molecule has 2 aromatic carbocycles. The fraction of sp³-hybridized carbons (Fsp3) is 0.280. The number of aromatic amines is 1. The Morgan fingerprint density at radius 3 is 2.70 bits per heavy atom. The lowest BCUT2D eigenvalue weighted by Crippen LogP contribution is -2.48. The lowest BCUT2D eigenvalue weighted by atomic mass is 10.0. The van der Waals surface area contributed by atoms with Crippen molar-refractivity contribution in [2.24, 2.45) is 0 Å². The van der Waals surface area contributed by atoms with Crippen LogP contribution in [0.25, 0.3) is 0 Å². The average Bonchev–Trinajstić information content (AvgIpc) is 3.43. The summed E-state index contributed by atoms with van der Waals surface area (Å²) >= 11 is 0. The quantitative estimate of drug-likeness (QED) is 0.674. The number of H-pyrrole nitrogens is 1. The first kappa shape index (κ1) is 19.7. The summed E-state index contributed by atoms with van der Waals surface area (Å²) in [5.41, 5.74) is 4.64. The number of para-hydroxylation sites is 1. The van der Waals surface area contributed by atoms with Gasteiger partial charge in [-0.2, -0.15) is 0 Å². The van der Waals surface area contributed by atoms with Crippen LogP contribution < -0.4 is 4.90 Å². The minimum absolute atomic E-state index is 0.0693. The van der Waals surface area contributed by atoms with Crippen LogP contribution in [-0.2, 0) is 17.8 Å². The van der Waals surface area contributed by atoms with E-state index in [2.05, 4.69) is 9.97 Å². The molecule has 4 heterocycles. The maximum atomic E-state index is 13.4. The SMILES string of the molecule is O=C(CCCN1C(=O)c2ccccc2N2C(=O)c3ccccc3C12)N1CCc2nc[nH]c2C1. The number of aromatic nitrogens is 2. The van der Waals surface area contributed by atoms with Crippen LogP contribution in [0.2, 0.25) is 0 Å². The van der Waals surface area contributed by atoms with E-state index >= 15 is 0 Å². The normalized spacial score (nSPS) is 18.7. The molecular formula is C25H23N5O3. The molecule has 33 heavy (non-hydrogen) atoms. The summed E-state index contributed by atoms with van der Waals surface area (Å²) in [6, 6.07) is 14.7. The zero-order chi connectivity index (χ0) is 22.5. The Hall–Kier alpha value is -3.94. The largest absolute Gasteiger partial charge is 0.347 e. The molecule has 3 aliphatic heterocycles. The Labute approximate surface area is 190 Å². The molecular weight excluding hydrogens is 418 g/mol. The summed E-state index contributed by atoms with van der Waals surface area (Å²) in [5, 5.41) is 0. The maximum Gasteiger partial charge on any atom is 0.260 e. The van der Waals surface area contributed by atoms with Crippen molar-refractivity contribution < 1.29 is 14.4 Å². The first-order chi connectivity index (χ1) is 16.1. The van der Waals surface area contributed by atoms with Crippen LogP contribution in [0.1, 0.15) is 56.7 Å². The number of fused-ring (bicyclic) bond motifs is 6. The number of benzene rings is 2. The molecule has 1 aromatic heterocycles. The standard InChI is InChI=1S/C25H23N5O3/c31-22(28-13-11-19-20(14-28)27-15-26-19)10-5-12-29-23-16-6-1-2-7-17(16)25(33)30(23)21-9-4-3-8-18(21)24(29)32/h1-4,6-9,15,23H,5,10-14H2,(H,26,27). The number of rotatable bonds is 4. The van der Waals surface area contributed by atoms with Crippen LogP contribution in [0.5, 0.6) is 0 Å². The van der Waals surface area contributed by atoms with Crippen LogP contribution in [-0.4, -0.2) is 50.6 Å². The van der Waals surface area contributed by atoms with E-state index in [9.17, 15) is 14.4 Å². The summed E-state index contributed by atoms with van der Waals surface area (Å²) in [5.74, 6) is -0.135. The molecule has 0 bridgehead atoms. The maximum absolute atomic E-state index is 13.4. The van der Waals surface area contributed by atoms with Gasteiger partial charge >= 0.3 is 0 Å². The van der Waals surface area contributed by atoms with Gasteiger partial charge in [0.1, 0.15) is 6.17 Å². The molecule has 166 valence electrons. The van der Waals surface area contributed by atoms with Crippen molar-refractivity contribution in [2.75, 3.05) is 18.0 Å². The molecule has 3 amide bonds. The van der Waals surface area contributed by atoms with Crippen molar-refractivity contribution in [1.82, 2.24) is 19.8 Å². The van der Waals surface area contributed by atoms with Gasteiger partial charge in [-0.15, -0.1) is 0 Å². The third kappa shape index (κ3) is 3.05. The highest BCUT2D eigenvalue weighted by atomic mass is 16.2. The molecule has 6 rings (SSSR count). The topological polar surface area (TPSA) is 89.6 Å². The van der Waals surface area contributed by atoms with Crippen molar-refractivity contribution in [3.63, 3.8) is 0 Å². The van der Waals surface area contributed by atoms with E-state index < -0.39 is 6.17 Å². The summed E-state index contributed by atoms with van der Waals surface area (Å²) < 4.78 is 0. The Morgan fingerprint density at radius 1 is 1.03 bits per heavy atom. The zero-order valence-corrected chi connectivity index (χ0v) is 18.0. The van der Waals surface area contributed by atoms with Gasteiger partial charge in [0.25, 0.3) is 11.8 Å². The monoisotopic (exact) mass is 441 g/mol. The smallest absolute Gasteiger partial charge is 0.260 e. The summed E-state index contributed by atoms with van der Waals surface area (Å²) in [6.45, 7) is 1.60. The summed E-state index contributed by atoms with van der Waals surface area (Å²) in [4.78, 5) is 52.2. The third-order valence-corrected chi connectivity index (χ3v) is 6.80. The summed E-state index contributed by atoms with van der Waals surface area (Å²) in [7, 11) is 0. The van der Waals surface area contributed by atoms with E-state index in [0.29, 0.717) is 49.3 Å². The van der Waals surface area contributed by atoms with Crippen LogP contribution in [0.15, 0.2) is 54.9 Å². The minimum atomic E-state index is -0.478. The highest BCUT2D eigenvalue weighted by molar-refractivity contribution is 6.16. The van der Waals surface area contributed by atoms with Gasteiger partial charge in [0.05, 0.1) is 35.5 Å². The Balaban J connectivity index is 1.22. The summed E-state index contributed by atoms with van der Waals surface area (Å²) in [6.07, 6.45) is 2.82. The Bertz CT molecular complexity index is 1280. The van der Waals surface area contributed by atoms with Crippen LogP contribution in [0.3, 0.4) is 0 Å². The highest BCUT2D eigenvalue weighted by Crippen LogP contribution is 2.45. The first-order valence-electron chi connectivity index (χ1n) is 11.2. The van der Waals surface area contributed by atoms with Crippen molar-refractivity contribution >= 4 is 23.4 Å². The molecule has 3 aromatic rings. The second-order valence-electron chi connectivity index (χ2n) is 8.65. The molecule has 8 nitrogen and oxygen atoms in total. The molecule has 0 saturated carbocycles. The van der Waals surface area contributed by atoms with E-state index in [1.807, 2.05) is 47.4 Å². The molecule has 8 heteroatoms. The number of amides is 3. The molecule has 1 N–H and O–H groups in total. The number of carbonyl (C=O) groups is 3. The fourth-order valence-corrected chi connectivity index (χ4v) is 5.18. The van der Waals surface area contributed by atoms with Gasteiger partial charge in [0, 0.05) is 37.1 Å². The molecule has 1 unspecified atom stereocenters. The highest BCUT2D eigenvalue weighted by Gasteiger charge is 2.47. The fourth-order valence-electron chi connectivity index (χ4n) is 5.18. The number of nitrogens with zero attached hydrogens (tertiary/aromatic N) is 4. The molecule has 3 aliphatic rings. The predicted octanol–water partition coefficient (Wildman–Crippen LogP) is 2.89. The van der Waals surface area contributed by atoms with Crippen LogP contribution >= 0.6 is 0 Å². The molecule has 0 aliphatic carbocycles. The number of imidazole rings is 1. The lowest BCUT2D eigenvalue weighted by Gasteiger charge is -2.41. The minimum Gasteiger partial charge on any atom is -0.347 e. The van der Waals surface area contributed by atoms with Gasteiger partial charge < -0.3 is 14.8 Å². The number of nitrogens with one attached hydrogen (secondary N) is 1. The van der Waals surface area contributed by atoms with Gasteiger partial charge in [0.2, 0.25) is 5.91 Å². The van der Waals surface area contributed by atoms with E-state index in [1.165, 1.54) is 0 Å². The Morgan fingerprint density at radius 2 is 1.82 bits per heavy atom. The van der Waals surface area contributed by atoms with Crippen molar-refractivity contribution in [3.05, 3.63) is 82.9 Å². The van der Waals surface area contributed by atoms with Crippen molar-refractivity contribution in [3.8, 4) is 0 Å². The van der Waals surface area contributed by atoms with Crippen LogP contribution in [0.4, 0.5) is 5.69 Å². The predicted molar refractivity (Wildman–Crippen MR) is 120 cm³/mol. The number of anilines is 1. The lowest BCUT2D eigenvalue weighted by molar-refractivity contribution is -0.132. The van der Waals surface area contributed by atoms with Crippen molar-refractivity contribution in [1.29, 1.82) is 0 Å². The average molecular weight is 441 g/mol. The second-order valence-corrected chi connectivity index (χ2v) is 8.65. The van der Waals surface area contributed by atoms with E-state index in [4.69, 9.17) is 0 Å². The molecule has 1 atom stereocenters. The van der Waals surface area contributed by atoms with E-state index in [-0.39, 0.29) is 17.7 Å². The first-order valence-corrected chi connectivity index (χ1v) is 11.2. The zero-order valence-electron chi connectivity index (χ0n) is 18.0. The third-order valence-electron chi connectivity index (χ3n) is 6.80. The molecule has 0 fully saturated rings. The molecule has 0 spiro atoms. The van der Waals surface area contributed by atoms with Gasteiger partial charge in [-0.25, -0.2) is 4.98 Å². The van der Waals surface area contributed by atoms with Gasteiger partial charge in [0.15, 0.2) is 0 Å². The van der Waals surface area contributed by atoms with Gasteiger partial charge in [-0.3, -0.25) is 19.3 Å². The van der Waals surface area contributed by atoms with Gasteiger partial charge in [-0.1, -0.05) is 30.3 Å². The van der Waals surface area contributed by atoms with Gasteiger partial charge in [-0.05, 0) is 24.6 Å². The number of hydrogen-bond acceptors (Lipinski definition) is 4. The molecule has 0 saturated heterocycles. The molecule has 0 radical (unpaired) electrons. The second kappa shape index (κ2) is 7.58. The number of carbonyl (C=O) groups excluding carboxylic acids is 3.